The summed E-state index contributed by atoms with van der Waals surface area (Å²) in [6.07, 6.45) is 9.55. The van der Waals surface area contributed by atoms with Crippen molar-refractivity contribution < 1.29 is 4.79 Å². The summed E-state index contributed by atoms with van der Waals surface area (Å²) < 4.78 is 0. The number of nitrogens with zero attached hydrogens (tertiary/aromatic N) is 6. The van der Waals surface area contributed by atoms with Crippen LogP contribution in [0.2, 0.25) is 0 Å². The molecule has 5 aromatic rings. The average Bonchev–Trinajstić information content (AvgIpc) is 3.73. The van der Waals surface area contributed by atoms with E-state index in [1.807, 2.05) is 36.7 Å². The minimum absolute atomic E-state index is 0.0912. The molecule has 1 saturated heterocycles. The van der Waals surface area contributed by atoms with Gasteiger partial charge in [-0.05, 0) is 49.7 Å². The number of anilines is 2. The number of fused-ring (bicyclic) bond motifs is 2. The molecule has 10 heteroatoms. The Labute approximate surface area is 225 Å². The number of imidazole rings is 1. The molecule has 0 atom stereocenters. The minimum atomic E-state index is 0.0912. The summed E-state index contributed by atoms with van der Waals surface area (Å²) in [5, 5.41) is 11.8. The molecule has 1 saturated carbocycles. The van der Waals surface area contributed by atoms with Gasteiger partial charge in [-0.15, -0.1) is 0 Å². The number of hydrogen-bond donors (Lipinski definition) is 3. The van der Waals surface area contributed by atoms with E-state index in [2.05, 4.69) is 53.4 Å². The molecule has 4 aromatic heterocycles. The van der Waals surface area contributed by atoms with E-state index >= 15 is 0 Å². The smallest absolute Gasteiger partial charge is 0.227 e. The molecule has 1 amide bonds. The maximum absolute atomic E-state index is 12.6. The summed E-state index contributed by atoms with van der Waals surface area (Å²) in [5.74, 6) is 0.875. The number of benzene rings is 1. The molecule has 5 heterocycles. The van der Waals surface area contributed by atoms with Crippen LogP contribution in [0.15, 0.2) is 48.9 Å². The number of amides is 1. The first-order valence-electron chi connectivity index (χ1n) is 13.7. The summed E-state index contributed by atoms with van der Waals surface area (Å²) >= 11 is 0. The Balaban J connectivity index is 1.21. The van der Waals surface area contributed by atoms with Crippen LogP contribution in [-0.4, -0.2) is 74.2 Å². The van der Waals surface area contributed by atoms with Crippen LogP contribution in [-0.2, 0) is 4.79 Å². The summed E-state index contributed by atoms with van der Waals surface area (Å²) in [7, 11) is 2.15. The molecule has 0 spiro atoms. The van der Waals surface area contributed by atoms with Gasteiger partial charge in [-0.1, -0.05) is 18.9 Å². The molecule has 39 heavy (non-hydrogen) atoms. The second-order valence-electron chi connectivity index (χ2n) is 10.7. The Morgan fingerprint density at radius 3 is 2.72 bits per heavy atom. The van der Waals surface area contributed by atoms with E-state index in [1.54, 1.807) is 6.20 Å². The Kier molecular flexibility index (Phi) is 5.96. The Hall–Kier alpha value is -4.31. The lowest BCUT2D eigenvalue weighted by atomic mass is 10.0. The van der Waals surface area contributed by atoms with E-state index in [-0.39, 0.29) is 11.8 Å². The van der Waals surface area contributed by atoms with Crippen LogP contribution < -0.4 is 10.2 Å². The van der Waals surface area contributed by atoms with E-state index in [4.69, 9.17) is 4.98 Å². The Morgan fingerprint density at radius 1 is 1.03 bits per heavy atom. The summed E-state index contributed by atoms with van der Waals surface area (Å²) in [6.45, 7) is 3.96. The summed E-state index contributed by atoms with van der Waals surface area (Å²) in [6, 6.07) is 10.2. The molecule has 0 radical (unpaired) electrons. The molecular weight excluding hydrogens is 490 g/mol. The van der Waals surface area contributed by atoms with Crippen molar-refractivity contribution >= 4 is 39.3 Å². The summed E-state index contributed by atoms with van der Waals surface area (Å²) in [4.78, 5) is 34.7. The lowest BCUT2D eigenvalue weighted by Crippen LogP contribution is -2.44. The van der Waals surface area contributed by atoms with Gasteiger partial charge in [0.15, 0.2) is 11.5 Å². The summed E-state index contributed by atoms with van der Waals surface area (Å²) in [5.41, 5.74) is 7.00. The fourth-order valence-corrected chi connectivity index (χ4v) is 5.78. The van der Waals surface area contributed by atoms with Gasteiger partial charge in [0, 0.05) is 55.4 Å². The highest BCUT2D eigenvalue weighted by molar-refractivity contribution is 5.97. The lowest BCUT2D eigenvalue weighted by molar-refractivity contribution is -0.119. The zero-order valence-corrected chi connectivity index (χ0v) is 21.9. The Morgan fingerprint density at radius 2 is 1.87 bits per heavy atom. The van der Waals surface area contributed by atoms with Crippen LogP contribution in [0.3, 0.4) is 0 Å². The van der Waals surface area contributed by atoms with Gasteiger partial charge in [-0.25, -0.2) is 9.97 Å². The molecule has 3 N–H and O–H groups in total. The number of nitrogens with one attached hydrogen (secondary N) is 3. The van der Waals surface area contributed by atoms with Gasteiger partial charge in [0.1, 0.15) is 11.2 Å². The predicted octanol–water partition coefficient (Wildman–Crippen LogP) is 4.44. The number of aromatic nitrogens is 6. The lowest BCUT2D eigenvalue weighted by Gasteiger charge is -2.33. The van der Waals surface area contributed by atoms with Crippen LogP contribution in [0.5, 0.6) is 0 Å². The fourth-order valence-electron chi connectivity index (χ4n) is 5.78. The molecule has 198 valence electrons. The van der Waals surface area contributed by atoms with Crippen molar-refractivity contribution in [2.24, 2.45) is 5.92 Å². The highest BCUT2D eigenvalue weighted by Gasteiger charge is 2.23. The maximum Gasteiger partial charge on any atom is 0.227 e. The first-order chi connectivity index (χ1) is 19.1. The van der Waals surface area contributed by atoms with Crippen molar-refractivity contribution in [3.8, 4) is 22.6 Å². The zero-order valence-electron chi connectivity index (χ0n) is 21.9. The highest BCUT2D eigenvalue weighted by atomic mass is 16.1. The zero-order chi connectivity index (χ0) is 26.3. The number of piperazine rings is 1. The first kappa shape index (κ1) is 23.8. The van der Waals surface area contributed by atoms with Crippen LogP contribution in [0.4, 0.5) is 11.4 Å². The van der Waals surface area contributed by atoms with Crippen molar-refractivity contribution in [3.05, 3.63) is 48.9 Å². The molecule has 1 aliphatic carbocycles. The van der Waals surface area contributed by atoms with Crippen LogP contribution in [0, 0.1) is 5.92 Å². The first-order valence-corrected chi connectivity index (χ1v) is 13.7. The van der Waals surface area contributed by atoms with E-state index in [0.29, 0.717) is 5.82 Å². The number of hydrogen-bond acceptors (Lipinski definition) is 7. The number of pyridine rings is 2. The van der Waals surface area contributed by atoms with Gasteiger partial charge in [0.05, 0.1) is 23.1 Å². The minimum Gasteiger partial charge on any atom is -0.367 e. The average molecular weight is 522 g/mol. The van der Waals surface area contributed by atoms with Gasteiger partial charge in [0.25, 0.3) is 0 Å². The van der Waals surface area contributed by atoms with Crippen molar-refractivity contribution in [3.63, 3.8) is 0 Å². The van der Waals surface area contributed by atoms with Gasteiger partial charge in [0.2, 0.25) is 5.91 Å². The van der Waals surface area contributed by atoms with Gasteiger partial charge in [-0.2, -0.15) is 5.10 Å². The number of carbonyl (C=O) groups excluding carboxylic acids is 1. The third-order valence-corrected chi connectivity index (χ3v) is 8.06. The van der Waals surface area contributed by atoms with E-state index in [1.165, 1.54) is 0 Å². The van der Waals surface area contributed by atoms with Gasteiger partial charge in [-0.3, -0.25) is 14.9 Å². The van der Waals surface area contributed by atoms with E-state index in [9.17, 15) is 4.79 Å². The third kappa shape index (κ3) is 4.50. The number of likely N-dealkylation sites (N-methyl/N-ethyl adjacent to an activating group) is 1. The largest absolute Gasteiger partial charge is 0.367 e. The van der Waals surface area contributed by atoms with Crippen molar-refractivity contribution in [2.45, 2.75) is 25.7 Å². The quantitative estimate of drug-likeness (QED) is 0.313. The topological polar surface area (TPSA) is 119 Å². The molecule has 0 unspecified atom stereocenters. The molecule has 1 aromatic carbocycles. The van der Waals surface area contributed by atoms with Crippen LogP contribution >= 0.6 is 0 Å². The predicted molar refractivity (Wildman–Crippen MR) is 153 cm³/mol. The van der Waals surface area contributed by atoms with Crippen molar-refractivity contribution in [1.29, 1.82) is 0 Å². The second-order valence-corrected chi connectivity index (χ2v) is 10.7. The normalized spacial score (nSPS) is 16.9. The Bertz CT molecular complexity index is 1660. The number of H-pyrrole nitrogens is 2. The fraction of sp³-hybridized carbons (Fsp3) is 0.345. The van der Waals surface area contributed by atoms with Crippen molar-refractivity contribution in [1.82, 2.24) is 35.0 Å². The van der Waals surface area contributed by atoms with Crippen molar-refractivity contribution in [2.75, 3.05) is 43.4 Å². The number of rotatable bonds is 5. The molecule has 1 aliphatic heterocycles. The van der Waals surface area contributed by atoms with Crippen LogP contribution in [0.1, 0.15) is 25.7 Å². The van der Waals surface area contributed by atoms with E-state index in [0.717, 1.165) is 102 Å². The maximum atomic E-state index is 12.6. The van der Waals surface area contributed by atoms with Crippen LogP contribution in [0.25, 0.3) is 44.7 Å². The molecule has 2 aliphatic rings. The monoisotopic (exact) mass is 521 g/mol. The molecule has 0 bridgehead atoms. The standard InChI is InChI=1S/C29H31N9O/c1-37-10-12-38(13-11-37)24-8-9-31-27-26(24)33-28(34-27)25-22-15-19(6-7-23(22)35-36-25)20-14-21(17-30-16-20)32-29(39)18-4-2-3-5-18/h6-9,14-18H,2-5,10-13H2,1H3,(H,32,39)(H,35,36)(H,31,33,34). The third-order valence-electron chi connectivity index (χ3n) is 8.06. The number of carbonyl (C=O) groups is 1. The molecule has 7 rings (SSSR count). The van der Waals surface area contributed by atoms with Gasteiger partial charge >= 0.3 is 0 Å². The molecular formula is C29H31N9O. The second kappa shape index (κ2) is 9.77. The highest BCUT2D eigenvalue weighted by Crippen LogP contribution is 2.33. The van der Waals surface area contributed by atoms with E-state index < -0.39 is 0 Å². The SMILES string of the molecule is CN1CCN(c2ccnc3[nH]c(-c4n[nH]c5ccc(-c6cncc(NC(=O)C7CCCC7)c6)cc45)nc23)CC1. The number of aromatic amines is 2. The van der Waals surface area contributed by atoms with Gasteiger partial charge < -0.3 is 20.1 Å². The molecule has 2 fully saturated rings. The molecule has 10 nitrogen and oxygen atoms in total.